The van der Waals surface area contributed by atoms with Gasteiger partial charge in [-0.05, 0) is 25.0 Å². The molecular weight excluding hydrogens is 242 g/mol. The molecule has 1 fully saturated rings. The first-order valence-electron chi connectivity index (χ1n) is 5.65. The summed E-state index contributed by atoms with van der Waals surface area (Å²) in [6.45, 7) is 0.730. The third kappa shape index (κ3) is 2.49. The molecule has 0 bridgehead atoms. The predicted octanol–water partition coefficient (Wildman–Crippen LogP) is 1.41. The van der Waals surface area contributed by atoms with Gasteiger partial charge in [0.05, 0.1) is 0 Å². The minimum atomic E-state index is -1.13. The van der Waals surface area contributed by atoms with Crippen molar-refractivity contribution in [3.05, 3.63) is 29.8 Å². The van der Waals surface area contributed by atoms with E-state index in [9.17, 15) is 13.6 Å². The van der Waals surface area contributed by atoms with E-state index in [-0.39, 0.29) is 0 Å². The highest BCUT2D eigenvalue weighted by atomic mass is 19.1. The van der Waals surface area contributed by atoms with Crippen molar-refractivity contribution in [2.45, 2.75) is 18.4 Å². The standard InChI is InChI=1S/C12H14F2N2O2/c13-8-2-1-3-9(14)10(8)16-11(17)12(15)4-6-18-7-5-12/h1-3H,4-7,15H2,(H,16,17). The second kappa shape index (κ2) is 4.99. The summed E-state index contributed by atoms with van der Waals surface area (Å²) in [4.78, 5) is 12.0. The zero-order chi connectivity index (χ0) is 13.2. The Morgan fingerprint density at radius 3 is 2.39 bits per heavy atom. The van der Waals surface area contributed by atoms with Crippen molar-refractivity contribution in [3.8, 4) is 0 Å². The molecule has 0 saturated carbocycles. The van der Waals surface area contributed by atoms with Crippen LogP contribution in [0.15, 0.2) is 18.2 Å². The van der Waals surface area contributed by atoms with Crippen LogP contribution in [0.2, 0.25) is 0 Å². The monoisotopic (exact) mass is 256 g/mol. The number of ether oxygens (including phenoxy) is 1. The quantitative estimate of drug-likeness (QED) is 0.841. The summed E-state index contributed by atoms with van der Waals surface area (Å²) in [5.41, 5.74) is 4.32. The molecule has 1 aromatic carbocycles. The van der Waals surface area contributed by atoms with Gasteiger partial charge in [0.15, 0.2) is 0 Å². The van der Waals surface area contributed by atoms with E-state index in [1.165, 1.54) is 6.07 Å². The molecule has 18 heavy (non-hydrogen) atoms. The van der Waals surface area contributed by atoms with E-state index in [1.54, 1.807) is 0 Å². The Labute approximate surface area is 103 Å². The molecule has 1 heterocycles. The molecule has 1 amide bonds. The van der Waals surface area contributed by atoms with E-state index >= 15 is 0 Å². The number of carbonyl (C=O) groups is 1. The topological polar surface area (TPSA) is 64.4 Å². The summed E-state index contributed by atoms with van der Waals surface area (Å²) >= 11 is 0. The first-order chi connectivity index (χ1) is 8.53. The molecule has 2 rings (SSSR count). The van der Waals surface area contributed by atoms with Gasteiger partial charge in [0.25, 0.3) is 0 Å². The fourth-order valence-electron chi connectivity index (χ4n) is 1.82. The summed E-state index contributed by atoms with van der Waals surface area (Å²) in [5.74, 6) is -2.23. The molecule has 0 aromatic heterocycles. The van der Waals surface area contributed by atoms with Gasteiger partial charge in [-0.3, -0.25) is 4.79 Å². The van der Waals surface area contributed by atoms with Crippen LogP contribution in [0, 0.1) is 11.6 Å². The van der Waals surface area contributed by atoms with Crippen LogP contribution < -0.4 is 11.1 Å². The Balaban J connectivity index is 2.16. The van der Waals surface area contributed by atoms with Gasteiger partial charge in [0.1, 0.15) is 22.9 Å². The van der Waals surface area contributed by atoms with Crippen molar-refractivity contribution in [2.75, 3.05) is 18.5 Å². The Morgan fingerprint density at radius 1 is 1.28 bits per heavy atom. The lowest BCUT2D eigenvalue weighted by molar-refractivity contribution is -0.124. The lowest BCUT2D eigenvalue weighted by atomic mass is 9.90. The number of nitrogens with one attached hydrogen (secondary N) is 1. The number of hydrogen-bond donors (Lipinski definition) is 2. The minimum absolute atomic E-state index is 0.328. The van der Waals surface area contributed by atoms with Crippen molar-refractivity contribution in [2.24, 2.45) is 5.73 Å². The fourth-order valence-corrected chi connectivity index (χ4v) is 1.82. The molecule has 6 heteroatoms. The Bertz CT molecular complexity index is 439. The number of halogens is 2. The van der Waals surface area contributed by atoms with Gasteiger partial charge >= 0.3 is 0 Å². The molecule has 4 nitrogen and oxygen atoms in total. The van der Waals surface area contributed by atoms with Crippen molar-refractivity contribution in [3.63, 3.8) is 0 Å². The maximum Gasteiger partial charge on any atom is 0.244 e. The fraction of sp³-hybridized carbons (Fsp3) is 0.417. The predicted molar refractivity (Wildman–Crippen MR) is 62.0 cm³/mol. The molecule has 1 aliphatic heterocycles. The summed E-state index contributed by atoms with van der Waals surface area (Å²) in [6, 6.07) is 3.38. The van der Waals surface area contributed by atoms with Crippen LogP contribution in [0.1, 0.15) is 12.8 Å². The first kappa shape index (κ1) is 12.9. The maximum atomic E-state index is 13.4. The van der Waals surface area contributed by atoms with Crippen LogP contribution in [0.5, 0.6) is 0 Å². The molecule has 0 aliphatic carbocycles. The Hall–Kier alpha value is -1.53. The number of nitrogens with two attached hydrogens (primary N) is 1. The maximum absolute atomic E-state index is 13.4. The van der Waals surface area contributed by atoms with Crippen LogP contribution >= 0.6 is 0 Å². The summed E-state index contributed by atoms with van der Waals surface area (Å²) in [7, 11) is 0. The van der Waals surface area contributed by atoms with E-state index < -0.39 is 28.8 Å². The number of para-hydroxylation sites is 1. The van der Waals surface area contributed by atoms with Gasteiger partial charge < -0.3 is 15.8 Å². The Morgan fingerprint density at radius 2 is 1.83 bits per heavy atom. The van der Waals surface area contributed by atoms with Gasteiger partial charge in [-0.2, -0.15) is 0 Å². The molecule has 0 radical (unpaired) electrons. The van der Waals surface area contributed by atoms with Crippen LogP contribution in [-0.4, -0.2) is 24.7 Å². The van der Waals surface area contributed by atoms with Gasteiger partial charge in [0.2, 0.25) is 5.91 Å². The van der Waals surface area contributed by atoms with E-state index in [1.807, 2.05) is 0 Å². The molecule has 1 saturated heterocycles. The Kier molecular flexibility index (Phi) is 3.58. The van der Waals surface area contributed by atoms with E-state index in [2.05, 4.69) is 5.32 Å². The van der Waals surface area contributed by atoms with Crippen molar-refractivity contribution in [1.82, 2.24) is 0 Å². The highest BCUT2D eigenvalue weighted by molar-refractivity contribution is 5.98. The number of carbonyl (C=O) groups excluding carboxylic acids is 1. The van der Waals surface area contributed by atoms with Gasteiger partial charge in [-0.25, -0.2) is 8.78 Å². The first-order valence-corrected chi connectivity index (χ1v) is 5.65. The van der Waals surface area contributed by atoms with Crippen LogP contribution in [0.4, 0.5) is 14.5 Å². The second-order valence-electron chi connectivity index (χ2n) is 4.32. The van der Waals surface area contributed by atoms with Crippen LogP contribution in [0.3, 0.4) is 0 Å². The molecule has 0 atom stereocenters. The van der Waals surface area contributed by atoms with Crippen LogP contribution in [0.25, 0.3) is 0 Å². The highest BCUT2D eigenvalue weighted by Crippen LogP contribution is 2.23. The number of amides is 1. The molecule has 1 aliphatic rings. The van der Waals surface area contributed by atoms with E-state index in [0.29, 0.717) is 26.1 Å². The zero-order valence-corrected chi connectivity index (χ0v) is 9.71. The van der Waals surface area contributed by atoms with Gasteiger partial charge in [-0.15, -0.1) is 0 Å². The lowest BCUT2D eigenvalue weighted by Crippen LogP contribution is -2.54. The molecule has 3 N–H and O–H groups in total. The average Bonchev–Trinajstić information content (AvgIpc) is 2.34. The average molecular weight is 256 g/mol. The molecular formula is C12H14F2N2O2. The molecule has 1 aromatic rings. The summed E-state index contributed by atoms with van der Waals surface area (Å²) in [5, 5.41) is 2.22. The van der Waals surface area contributed by atoms with Crippen molar-refractivity contribution < 1.29 is 18.3 Å². The van der Waals surface area contributed by atoms with E-state index in [4.69, 9.17) is 10.5 Å². The highest BCUT2D eigenvalue weighted by Gasteiger charge is 2.36. The summed E-state index contributed by atoms with van der Waals surface area (Å²) in [6.07, 6.45) is 0.657. The smallest absolute Gasteiger partial charge is 0.244 e. The number of anilines is 1. The zero-order valence-electron chi connectivity index (χ0n) is 9.71. The van der Waals surface area contributed by atoms with Gasteiger partial charge in [0, 0.05) is 13.2 Å². The van der Waals surface area contributed by atoms with E-state index in [0.717, 1.165) is 12.1 Å². The second-order valence-corrected chi connectivity index (χ2v) is 4.32. The number of hydrogen-bond acceptors (Lipinski definition) is 3. The number of rotatable bonds is 2. The SMILES string of the molecule is NC1(C(=O)Nc2c(F)cccc2F)CCOCC1. The molecule has 0 spiro atoms. The third-order valence-corrected chi connectivity index (χ3v) is 3.04. The van der Waals surface area contributed by atoms with Crippen LogP contribution in [-0.2, 0) is 9.53 Å². The largest absolute Gasteiger partial charge is 0.381 e. The van der Waals surface area contributed by atoms with Crippen molar-refractivity contribution >= 4 is 11.6 Å². The normalized spacial score (nSPS) is 18.4. The third-order valence-electron chi connectivity index (χ3n) is 3.04. The lowest BCUT2D eigenvalue weighted by Gasteiger charge is -2.31. The number of benzene rings is 1. The minimum Gasteiger partial charge on any atom is -0.381 e. The van der Waals surface area contributed by atoms with Gasteiger partial charge in [-0.1, -0.05) is 6.07 Å². The summed E-state index contributed by atoms with van der Waals surface area (Å²) < 4.78 is 31.9. The molecule has 98 valence electrons. The van der Waals surface area contributed by atoms with Crippen molar-refractivity contribution in [1.29, 1.82) is 0 Å². The molecule has 0 unspecified atom stereocenters.